The van der Waals surface area contributed by atoms with Crippen LogP contribution in [0.2, 0.25) is 0 Å². The van der Waals surface area contributed by atoms with E-state index in [-0.39, 0.29) is 11.4 Å². The first-order valence-electron chi connectivity index (χ1n) is 8.95. The van der Waals surface area contributed by atoms with E-state index in [1.54, 1.807) is 25.4 Å². The van der Waals surface area contributed by atoms with Gasteiger partial charge in [-0.1, -0.05) is 0 Å². The van der Waals surface area contributed by atoms with Gasteiger partial charge in [-0.3, -0.25) is 0 Å². The summed E-state index contributed by atoms with van der Waals surface area (Å²) in [6, 6.07) is 6.73. The van der Waals surface area contributed by atoms with Crippen LogP contribution in [-0.2, 0) is 10.0 Å². The van der Waals surface area contributed by atoms with Gasteiger partial charge in [0.1, 0.15) is 5.75 Å². The number of aromatic nitrogens is 2. The zero-order valence-corrected chi connectivity index (χ0v) is 16.4. The normalized spacial score (nSPS) is 14.4. The molecule has 1 aromatic heterocycles. The number of nitrogens with one attached hydrogen (secondary N) is 2. The molecule has 9 heteroatoms. The van der Waals surface area contributed by atoms with E-state index in [0.717, 1.165) is 24.3 Å². The predicted molar refractivity (Wildman–Crippen MR) is 105 cm³/mol. The van der Waals surface area contributed by atoms with Crippen molar-refractivity contribution >= 4 is 21.5 Å². The number of benzene rings is 1. The van der Waals surface area contributed by atoms with Crippen molar-refractivity contribution in [1.29, 1.82) is 0 Å². The first kappa shape index (κ1) is 19.4. The third kappa shape index (κ3) is 4.86. The smallest absolute Gasteiger partial charge is 0.240 e. The van der Waals surface area contributed by atoms with E-state index in [9.17, 15) is 8.42 Å². The van der Waals surface area contributed by atoms with Gasteiger partial charge in [-0.25, -0.2) is 13.1 Å². The van der Waals surface area contributed by atoms with Crippen LogP contribution in [0.25, 0.3) is 0 Å². The SMILES string of the molecule is COc1ccc(S(=O)(=O)NCCNc2cc(N3CCCC3)cnn2)cc1C. The molecule has 0 aliphatic carbocycles. The topological polar surface area (TPSA) is 96.5 Å². The van der Waals surface area contributed by atoms with Crippen molar-refractivity contribution in [2.24, 2.45) is 0 Å². The summed E-state index contributed by atoms with van der Waals surface area (Å²) in [6.07, 6.45) is 4.14. The maximum atomic E-state index is 12.4. The quantitative estimate of drug-likeness (QED) is 0.662. The number of methoxy groups -OCH3 is 1. The Morgan fingerprint density at radius 3 is 2.67 bits per heavy atom. The minimum atomic E-state index is -3.57. The Hall–Kier alpha value is -2.39. The van der Waals surface area contributed by atoms with Crippen LogP contribution in [0, 0.1) is 6.92 Å². The van der Waals surface area contributed by atoms with Gasteiger partial charge in [-0.05, 0) is 43.5 Å². The average Bonchev–Trinajstić information content (AvgIpc) is 3.20. The number of ether oxygens (including phenoxy) is 1. The molecule has 8 nitrogen and oxygen atoms in total. The molecule has 2 heterocycles. The highest BCUT2D eigenvalue weighted by molar-refractivity contribution is 7.89. The summed E-state index contributed by atoms with van der Waals surface area (Å²) in [7, 11) is -2.02. The van der Waals surface area contributed by atoms with E-state index in [1.165, 1.54) is 18.9 Å². The molecule has 0 bridgehead atoms. The lowest BCUT2D eigenvalue weighted by atomic mass is 10.2. The fraction of sp³-hybridized carbons (Fsp3) is 0.444. The number of hydrogen-bond acceptors (Lipinski definition) is 7. The second-order valence-electron chi connectivity index (χ2n) is 6.45. The Kier molecular flexibility index (Phi) is 6.12. The third-order valence-electron chi connectivity index (χ3n) is 4.51. The lowest BCUT2D eigenvalue weighted by molar-refractivity contribution is 0.411. The minimum Gasteiger partial charge on any atom is -0.496 e. The zero-order valence-electron chi connectivity index (χ0n) is 15.6. The predicted octanol–water partition coefficient (Wildman–Crippen LogP) is 1.78. The van der Waals surface area contributed by atoms with Crippen LogP contribution < -0.4 is 19.7 Å². The molecule has 2 aromatic rings. The van der Waals surface area contributed by atoms with Crippen LogP contribution in [0.15, 0.2) is 35.4 Å². The summed E-state index contributed by atoms with van der Waals surface area (Å²) >= 11 is 0. The van der Waals surface area contributed by atoms with Gasteiger partial charge in [0.15, 0.2) is 5.82 Å². The molecule has 1 saturated heterocycles. The largest absolute Gasteiger partial charge is 0.496 e. The molecule has 1 aliphatic rings. The molecule has 0 radical (unpaired) electrons. The first-order valence-corrected chi connectivity index (χ1v) is 10.4. The standard InChI is InChI=1S/C18H25N5O3S/c1-14-11-16(5-6-17(14)26-2)27(24,25)21-8-7-19-18-12-15(13-20-22-18)23-9-3-4-10-23/h5-6,11-13,21H,3-4,7-10H2,1-2H3,(H,19,22). The molecule has 146 valence electrons. The Labute approximate surface area is 160 Å². The highest BCUT2D eigenvalue weighted by Gasteiger charge is 2.15. The summed E-state index contributed by atoms with van der Waals surface area (Å²) in [5, 5.41) is 11.2. The Balaban J connectivity index is 1.53. The van der Waals surface area contributed by atoms with Gasteiger partial charge in [0, 0.05) is 32.2 Å². The second-order valence-corrected chi connectivity index (χ2v) is 8.22. The lowest BCUT2D eigenvalue weighted by Gasteiger charge is -2.17. The molecule has 0 atom stereocenters. The maximum Gasteiger partial charge on any atom is 0.240 e. The third-order valence-corrected chi connectivity index (χ3v) is 5.97. The van der Waals surface area contributed by atoms with Crippen LogP contribution >= 0.6 is 0 Å². The fourth-order valence-electron chi connectivity index (χ4n) is 3.07. The molecular formula is C18H25N5O3S. The number of anilines is 2. The monoisotopic (exact) mass is 391 g/mol. The van der Waals surface area contributed by atoms with Gasteiger partial charge in [-0.2, -0.15) is 5.10 Å². The zero-order chi connectivity index (χ0) is 19.3. The van der Waals surface area contributed by atoms with Gasteiger partial charge in [0.05, 0.1) is 23.9 Å². The molecule has 27 heavy (non-hydrogen) atoms. The van der Waals surface area contributed by atoms with Gasteiger partial charge in [-0.15, -0.1) is 5.10 Å². The minimum absolute atomic E-state index is 0.219. The van der Waals surface area contributed by atoms with Crippen molar-refractivity contribution in [2.75, 3.05) is 43.5 Å². The Morgan fingerprint density at radius 1 is 1.19 bits per heavy atom. The van der Waals surface area contributed by atoms with Crippen LogP contribution in [0.5, 0.6) is 5.75 Å². The molecule has 0 spiro atoms. The number of aryl methyl sites for hydroxylation is 1. The molecule has 0 saturated carbocycles. The van der Waals surface area contributed by atoms with Gasteiger partial charge in [0.2, 0.25) is 10.0 Å². The molecule has 0 amide bonds. The second kappa shape index (κ2) is 8.53. The van der Waals surface area contributed by atoms with Gasteiger partial charge >= 0.3 is 0 Å². The molecule has 3 rings (SSSR count). The van der Waals surface area contributed by atoms with Crippen LogP contribution in [0.1, 0.15) is 18.4 Å². The highest BCUT2D eigenvalue weighted by Crippen LogP contribution is 2.22. The van der Waals surface area contributed by atoms with Crippen LogP contribution in [0.3, 0.4) is 0 Å². The Bertz CT molecular complexity index is 882. The van der Waals surface area contributed by atoms with E-state index >= 15 is 0 Å². The van der Waals surface area contributed by atoms with E-state index in [1.807, 2.05) is 13.0 Å². The van der Waals surface area contributed by atoms with Crippen molar-refractivity contribution in [3.8, 4) is 5.75 Å². The number of sulfonamides is 1. The molecular weight excluding hydrogens is 366 g/mol. The summed E-state index contributed by atoms with van der Waals surface area (Å²) in [5.74, 6) is 1.30. The molecule has 1 aromatic carbocycles. The fourth-order valence-corrected chi connectivity index (χ4v) is 4.19. The Morgan fingerprint density at radius 2 is 1.96 bits per heavy atom. The molecule has 2 N–H and O–H groups in total. The number of rotatable bonds is 8. The van der Waals surface area contributed by atoms with Crippen molar-refractivity contribution in [1.82, 2.24) is 14.9 Å². The summed E-state index contributed by atoms with van der Waals surface area (Å²) in [4.78, 5) is 2.49. The molecule has 1 aliphatic heterocycles. The molecule has 1 fully saturated rings. The number of nitrogens with zero attached hydrogens (tertiary/aromatic N) is 3. The lowest BCUT2D eigenvalue weighted by Crippen LogP contribution is -2.29. The van der Waals surface area contributed by atoms with E-state index in [2.05, 4.69) is 25.1 Å². The van der Waals surface area contributed by atoms with Crippen molar-refractivity contribution in [3.63, 3.8) is 0 Å². The van der Waals surface area contributed by atoms with Crippen molar-refractivity contribution in [2.45, 2.75) is 24.7 Å². The maximum absolute atomic E-state index is 12.4. The van der Waals surface area contributed by atoms with E-state index in [4.69, 9.17) is 4.74 Å². The van der Waals surface area contributed by atoms with Gasteiger partial charge < -0.3 is 15.0 Å². The van der Waals surface area contributed by atoms with Crippen molar-refractivity contribution < 1.29 is 13.2 Å². The van der Waals surface area contributed by atoms with Gasteiger partial charge in [0.25, 0.3) is 0 Å². The van der Waals surface area contributed by atoms with E-state index in [0.29, 0.717) is 18.1 Å². The van der Waals surface area contributed by atoms with Crippen molar-refractivity contribution in [3.05, 3.63) is 36.0 Å². The summed E-state index contributed by atoms with van der Waals surface area (Å²) < 4.78 is 32.6. The van der Waals surface area contributed by atoms with Crippen LogP contribution in [-0.4, -0.2) is 51.9 Å². The highest BCUT2D eigenvalue weighted by atomic mass is 32.2. The average molecular weight is 391 g/mol. The summed E-state index contributed by atoms with van der Waals surface area (Å²) in [5.41, 5.74) is 1.81. The number of hydrogen-bond donors (Lipinski definition) is 2. The summed E-state index contributed by atoms with van der Waals surface area (Å²) in [6.45, 7) is 4.53. The van der Waals surface area contributed by atoms with E-state index < -0.39 is 10.0 Å². The van der Waals surface area contributed by atoms with Crippen LogP contribution in [0.4, 0.5) is 11.5 Å². The molecule has 0 unspecified atom stereocenters. The first-order chi connectivity index (χ1) is 13.0.